The van der Waals surface area contributed by atoms with Crippen LogP contribution in [0.25, 0.3) is 0 Å². The molecule has 0 radical (unpaired) electrons. The lowest BCUT2D eigenvalue weighted by molar-refractivity contribution is -0.144. The average Bonchev–Trinajstić information content (AvgIpc) is 2.42. The van der Waals surface area contributed by atoms with E-state index >= 15 is 0 Å². The van der Waals surface area contributed by atoms with Crippen LogP contribution in [0.2, 0.25) is 0 Å². The van der Waals surface area contributed by atoms with Gasteiger partial charge >= 0.3 is 5.97 Å². The maximum Gasteiger partial charge on any atom is 0.316 e. The van der Waals surface area contributed by atoms with Gasteiger partial charge in [0.05, 0.1) is 11.9 Å². The van der Waals surface area contributed by atoms with E-state index in [0.717, 1.165) is 17.9 Å². The number of hydrogen-bond acceptors (Lipinski definition) is 4. The third-order valence-electron chi connectivity index (χ3n) is 2.78. The number of carbonyl (C=O) groups excluding carboxylic acids is 1. The molecule has 20 heavy (non-hydrogen) atoms. The first kappa shape index (κ1) is 17.1. The van der Waals surface area contributed by atoms with Gasteiger partial charge in [-0.15, -0.1) is 11.8 Å². The molecule has 112 valence electrons. The maximum absolute atomic E-state index is 11.5. The molecule has 0 bridgehead atoms. The first-order valence-electron chi connectivity index (χ1n) is 7.18. The van der Waals surface area contributed by atoms with Gasteiger partial charge in [-0.2, -0.15) is 0 Å². The minimum Gasteiger partial charge on any atom is -0.462 e. The molecule has 0 amide bonds. The molecule has 0 saturated carbocycles. The molecule has 0 aliphatic rings. The Morgan fingerprint density at radius 3 is 2.75 bits per heavy atom. The number of thioether (sulfide) groups is 1. The Bertz CT molecular complexity index is 421. The summed E-state index contributed by atoms with van der Waals surface area (Å²) in [6.07, 6.45) is 1.08. The zero-order valence-electron chi connectivity index (χ0n) is 12.8. The summed E-state index contributed by atoms with van der Waals surface area (Å²) in [5, 5.41) is 3.47. The van der Waals surface area contributed by atoms with Gasteiger partial charge in [-0.1, -0.05) is 19.1 Å². The molecule has 1 aromatic rings. The van der Waals surface area contributed by atoms with Crippen LogP contribution in [0.5, 0.6) is 0 Å². The molecule has 3 nitrogen and oxygen atoms in total. The Hall–Kier alpha value is -1.00. The van der Waals surface area contributed by atoms with Crippen LogP contribution in [0, 0.1) is 0 Å². The smallest absolute Gasteiger partial charge is 0.316 e. The molecule has 0 spiro atoms. The SMILES string of the molecule is CCCNC(C)c1cccc(SCC(=O)OC(C)C)c1. The first-order chi connectivity index (χ1) is 9.52. The van der Waals surface area contributed by atoms with E-state index in [0.29, 0.717) is 11.8 Å². The molecule has 0 aliphatic carbocycles. The fourth-order valence-electron chi connectivity index (χ4n) is 1.79. The first-order valence-corrected chi connectivity index (χ1v) is 8.17. The summed E-state index contributed by atoms with van der Waals surface area (Å²) in [6.45, 7) is 9.06. The van der Waals surface area contributed by atoms with Crippen LogP contribution in [-0.2, 0) is 9.53 Å². The predicted octanol–water partition coefficient (Wildman–Crippen LogP) is 3.79. The van der Waals surface area contributed by atoms with Crippen LogP contribution in [0.3, 0.4) is 0 Å². The second-order valence-electron chi connectivity index (χ2n) is 5.08. The fourth-order valence-corrected chi connectivity index (χ4v) is 2.54. The number of carbonyl (C=O) groups is 1. The quantitative estimate of drug-likeness (QED) is 0.585. The van der Waals surface area contributed by atoms with Crippen LogP contribution >= 0.6 is 11.8 Å². The van der Waals surface area contributed by atoms with Gasteiger partial charge in [0.2, 0.25) is 0 Å². The van der Waals surface area contributed by atoms with Gasteiger partial charge in [0.15, 0.2) is 0 Å². The summed E-state index contributed by atoms with van der Waals surface area (Å²) in [6, 6.07) is 8.65. The van der Waals surface area contributed by atoms with Crippen LogP contribution in [0.4, 0.5) is 0 Å². The lowest BCUT2D eigenvalue weighted by Crippen LogP contribution is -2.19. The van der Waals surface area contributed by atoms with Crippen LogP contribution in [0.15, 0.2) is 29.2 Å². The summed E-state index contributed by atoms with van der Waals surface area (Å²) in [5.74, 6) is 0.200. The van der Waals surface area contributed by atoms with E-state index < -0.39 is 0 Å². The van der Waals surface area contributed by atoms with E-state index in [2.05, 4.69) is 31.3 Å². The van der Waals surface area contributed by atoms with Crippen molar-refractivity contribution in [1.29, 1.82) is 0 Å². The van der Waals surface area contributed by atoms with E-state index in [1.807, 2.05) is 26.0 Å². The van der Waals surface area contributed by atoms with Gasteiger partial charge in [-0.25, -0.2) is 0 Å². The van der Waals surface area contributed by atoms with Crippen molar-refractivity contribution in [2.24, 2.45) is 0 Å². The van der Waals surface area contributed by atoms with Gasteiger partial charge in [-0.3, -0.25) is 4.79 Å². The van der Waals surface area contributed by atoms with Gasteiger partial charge in [0.25, 0.3) is 0 Å². The summed E-state index contributed by atoms with van der Waals surface area (Å²) >= 11 is 1.52. The van der Waals surface area contributed by atoms with Crippen LogP contribution < -0.4 is 5.32 Å². The summed E-state index contributed by atoms with van der Waals surface area (Å²) in [5.41, 5.74) is 1.25. The lowest BCUT2D eigenvalue weighted by Gasteiger charge is -2.14. The van der Waals surface area contributed by atoms with Gasteiger partial charge in [0, 0.05) is 10.9 Å². The van der Waals surface area contributed by atoms with E-state index in [-0.39, 0.29) is 12.1 Å². The number of rotatable bonds is 8. The number of hydrogen-bond donors (Lipinski definition) is 1. The maximum atomic E-state index is 11.5. The molecule has 1 N–H and O–H groups in total. The predicted molar refractivity (Wildman–Crippen MR) is 85.1 cm³/mol. The molecule has 1 unspecified atom stereocenters. The Morgan fingerprint density at radius 2 is 2.10 bits per heavy atom. The second kappa shape index (κ2) is 9.03. The van der Waals surface area contributed by atoms with Gasteiger partial charge in [0.1, 0.15) is 0 Å². The third kappa shape index (κ3) is 6.44. The molecule has 1 rings (SSSR count). The molecule has 0 aromatic heterocycles. The van der Waals surface area contributed by atoms with Crippen molar-refractivity contribution in [2.75, 3.05) is 12.3 Å². The minimum absolute atomic E-state index is 0.0484. The minimum atomic E-state index is -0.160. The standard InChI is InChI=1S/C16H25NO2S/c1-5-9-17-13(4)14-7-6-8-15(10-14)20-11-16(18)19-12(2)3/h6-8,10,12-13,17H,5,9,11H2,1-4H3. The third-order valence-corrected chi connectivity index (χ3v) is 3.75. The Balaban J connectivity index is 2.53. The lowest BCUT2D eigenvalue weighted by atomic mass is 10.1. The highest BCUT2D eigenvalue weighted by Crippen LogP contribution is 2.22. The summed E-state index contributed by atoms with van der Waals surface area (Å²) in [7, 11) is 0. The van der Waals surface area contributed by atoms with Crippen molar-refractivity contribution in [3.8, 4) is 0 Å². The highest BCUT2D eigenvalue weighted by molar-refractivity contribution is 8.00. The van der Waals surface area contributed by atoms with Crippen molar-refractivity contribution in [1.82, 2.24) is 5.32 Å². The molecule has 0 fully saturated rings. The number of nitrogens with one attached hydrogen (secondary N) is 1. The van der Waals surface area contributed by atoms with Crippen molar-refractivity contribution in [3.63, 3.8) is 0 Å². The number of esters is 1. The van der Waals surface area contributed by atoms with Crippen molar-refractivity contribution >= 4 is 17.7 Å². The topological polar surface area (TPSA) is 38.3 Å². The monoisotopic (exact) mass is 295 g/mol. The molecule has 1 aromatic carbocycles. The highest BCUT2D eigenvalue weighted by atomic mass is 32.2. The van der Waals surface area contributed by atoms with E-state index in [9.17, 15) is 4.79 Å². The van der Waals surface area contributed by atoms with E-state index in [1.165, 1.54) is 17.3 Å². The van der Waals surface area contributed by atoms with Gasteiger partial charge < -0.3 is 10.1 Å². The summed E-state index contributed by atoms with van der Waals surface area (Å²) < 4.78 is 5.13. The largest absolute Gasteiger partial charge is 0.462 e. The highest BCUT2D eigenvalue weighted by Gasteiger charge is 2.08. The van der Waals surface area contributed by atoms with E-state index in [4.69, 9.17) is 4.74 Å². The number of benzene rings is 1. The molecule has 0 saturated heterocycles. The second-order valence-corrected chi connectivity index (χ2v) is 6.12. The molecule has 0 heterocycles. The van der Waals surface area contributed by atoms with Gasteiger partial charge in [-0.05, 0) is 51.4 Å². The van der Waals surface area contributed by atoms with Crippen LogP contribution in [-0.4, -0.2) is 24.4 Å². The normalized spacial score (nSPS) is 12.4. The molecular weight excluding hydrogens is 270 g/mol. The van der Waals surface area contributed by atoms with Crippen molar-refractivity contribution in [2.45, 2.75) is 51.2 Å². The zero-order valence-corrected chi connectivity index (χ0v) is 13.6. The van der Waals surface area contributed by atoms with Crippen LogP contribution in [0.1, 0.15) is 45.7 Å². The fraction of sp³-hybridized carbons (Fsp3) is 0.562. The Kier molecular flexibility index (Phi) is 7.70. The van der Waals surface area contributed by atoms with Crippen molar-refractivity contribution < 1.29 is 9.53 Å². The molecule has 0 aliphatic heterocycles. The molecular formula is C16H25NO2S. The number of ether oxygens (including phenoxy) is 1. The summed E-state index contributed by atoms with van der Waals surface area (Å²) in [4.78, 5) is 12.6. The van der Waals surface area contributed by atoms with Crippen molar-refractivity contribution in [3.05, 3.63) is 29.8 Å². The average molecular weight is 295 g/mol. The Morgan fingerprint density at radius 1 is 1.35 bits per heavy atom. The molecule has 4 heteroatoms. The van der Waals surface area contributed by atoms with E-state index in [1.54, 1.807) is 0 Å². The zero-order chi connectivity index (χ0) is 15.0. The molecule has 1 atom stereocenters. The Labute approximate surface area is 126 Å².